The number of hydrogen-bond acceptors (Lipinski definition) is 1. The fourth-order valence-corrected chi connectivity index (χ4v) is 10.8. The summed E-state index contributed by atoms with van der Waals surface area (Å²) in [5.74, 6) is 0. The Hall–Kier alpha value is 0.820. The van der Waals surface area contributed by atoms with E-state index in [2.05, 4.69) is 94.9 Å². The van der Waals surface area contributed by atoms with Crippen LogP contribution in [0.2, 0.25) is 0 Å². The van der Waals surface area contributed by atoms with Gasteiger partial charge in [-0.3, -0.25) is 4.90 Å². The van der Waals surface area contributed by atoms with E-state index in [4.69, 9.17) is 0 Å². The Morgan fingerprint density at radius 3 is 0.870 bits per heavy atom. The first-order valence-corrected chi connectivity index (χ1v) is 12.2. The van der Waals surface area contributed by atoms with Gasteiger partial charge >= 0.3 is 0 Å². The maximum Gasteiger partial charge on any atom is 0.0197 e. The van der Waals surface area contributed by atoms with Crippen molar-refractivity contribution in [3.63, 3.8) is 0 Å². The molecule has 0 aromatic heterocycles. The third-order valence-corrected chi connectivity index (χ3v) is 12.2. The fraction of sp³-hybridized carbons (Fsp3) is 1.00. The molecule has 140 valence electrons. The zero-order chi connectivity index (χ0) is 18.9. The normalized spacial score (nSPS) is 15.1. The van der Waals surface area contributed by atoms with Crippen LogP contribution in [0.1, 0.15) is 90.0 Å². The lowest BCUT2D eigenvalue weighted by Crippen LogP contribution is -2.37. The van der Waals surface area contributed by atoms with Gasteiger partial charge in [-0.2, -0.15) is 0 Å². The molecular weight excluding hydrogens is 316 g/mol. The lowest BCUT2D eigenvalue weighted by atomic mass is 10.2. The Labute approximate surface area is 150 Å². The molecule has 0 aliphatic carbocycles. The topological polar surface area (TPSA) is 3.24 Å². The van der Waals surface area contributed by atoms with Crippen LogP contribution < -0.4 is 0 Å². The standard InChI is InChI=1S/C20H45NP2/c1-14-21(15-22(17(2,3)4)18(5,6)7)16-23(19(8,9)10)20(11,12)13/h14-16H2,1-13H3. The molecule has 0 spiro atoms. The van der Waals surface area contributed by atoms with Gasteiger partial charge in [0, 0.05) is 12.6 Å². The molecule has 0 radical (unpaired) electrons. The van der Waals surface area contributed by atoms with E-state index < -0.39 is 0 Å². The van der Waals surface area contributed by atoms with Crippen LogP contribution in [0.4, 0.5) is 0 Å². The van der Waals surface area contributed by atoms with Crippen LogP contribution in [-0.4, -0.2) is 44.6 Å². The van der Waals surface area contributed by atoms with Gasteiger partial charge in [0.05, 0.1) is 0 Å². The van der Waals surface area contributed by atoms with Crippen LogP contribution in [-0.2, 0) is 0 Å². The molecule has 0 fully saturated rings. The van der Waals surface area contributed by atoms with Crippen molar-refractivity contribution in [3.8, 4) is 0 Å². The molecule has 0 amide bonds. The van der Waals surface area contributed by atoms with Crippen molar-refractivity contribution in [2.75, 3.05) is 19.1 Å². The molecule has 0 unspecified atom stereocenters. The molecule has 1 nitrogen and oxygen atoms in total. The number of rotatable bonds is 5. The highest BCUT2D eigenvalue weighted by Crippen LogP contribution is 2.62. The quantitative estimate of drug-likeness (QED) is 0.462. The molecule has 23 heavy (non-hydrogen) atoms. The van der Waals surface area contributed by atoms with Crippen LogP contribution in [0.5, 0.6) is 0 Å². The zero-order valence-electron chi connectivity index (χ0n) is 18.5. The Balaban J connectivity index is 5.36. The summed E-state index contributed by atoms with van der Waals surface area (Å²) >= 11 is 0. The average Bonchev–Trinajstić information content (AvgIpc) is 2.21. The van der Waals surface area contributed by atoms with E-state index in [0.29, 0.717) is 20.6 Å². The minimum absolute atomic E-state index is 0.0540. The largest absolute Gasteiger partial charge is 0.295 e. The maximum absolute atomic E-state index is 2.77. The molecule has 3 heteroatoms. The third kappa shape index (κ3) is 8.16. The van der Waals surface area contributed by atoms with Gasteiger partial charge in [-0.05, 0) is 27.2 Å². The molecular formula is C20H45NP2. The lowest BCUT2D eigenvalue weighted by Gasteiger charge is -2.48. The second-order valence-electron chi connectivity index (χ2n) is 10.8. The van der Waals surface area contributed by atoms with E-state index in [1.165, 1.54) is 19.1 Å². The Morgan fingerprint density at radius 1 is 0.522 bits per heavy atom. The minimum Gasteiger partial charge on any atom is -0.295 e. The summed E-state index contributed by atoms with van der Waals surface area (Å²) in [6.07, 6.45) is 2.56. The summed E-state index contributed by atoms with van der Waals surface area (Å²) in [7, 11) is -0.108. The van der Waals surface area contributed by atoms with Gasteiger partial charge < -0.3 is 0 Å². The Morgan fingerprint density at radius 2 is 0.739 bits per heavy atom. The lowest BCUT2D eigenvalue weighted by molar-refractivity contribution is 0.382. The predicted octanol–water partition coefficient (Wildman–Crippen LogP) is 7.38. The van der Waals surface area contributed by atoms with E-state index in [0.717, 1.165) is 0 Å². The summed E-state index contributed by atoms with van der Waals surface area (Å²) in [6, 6.07) is 0. The first-order chi connectivity index (χ1) is 9.90. The minimum atomic E-state index is -0.0540. The van der Waals surface area contributed by atoms with Crippen LogP contribution in [0.3, 0.4) is 0 Å². The monoisotopic (exact) mass is 361 g/mol. The number of hydrogen-bond donors (Lipinski definition) is 0. The predicted molar refractivity (Wildman–Crippen MR) is 115 cm³/mol. The summed E-state index contributed by atoms with van der Waals surface area (Å²) in [6.45, 7) is 32.8. The van der Waals surface area contributed by atoms with Crippen LogP contribution in [0.25, 0.3) is 0 Å². The van der Waals surface area contributed by atoms with Gasteiger partial charge in [0.15, 0.2) is 0 Å². The third-order valence-electron chi connectivity index (χ3n) is 4.37. The molecule has 0 heterocycles. The smallest absolute Gasteiger partial charge is 0.0197 e. The summed E-state index contributed by atoms with van der Waals surface area (Å²) < 4.78 is 0. The average molecular weight is 362 g/mol. The van der Waals surface area contributed by atoms with Crippen LogP contribution >= 0.6 is 15.8 Å². The van der Waals surface area contributed by atoms with Gasteiger partial charge in [-0.25, -0.2) is 0 Å². The number of nitrogens with zero attached hydrogens (tertiary/aromatic N) is 1. The van der Waals surface area contributed by atoms with Crippen LogP contribution in [0, 0.1) is 0 Å². The second-order valence-corrected chi connectivity index (χ2v) is 18.5. The van der Waals surface area contributed by atoms with E-state index in [9.17, 15) is 0 Å². The van der Waals surface area contributed by atoms with Crippen molar-refractivity contribution >= 4 is 15.8 Å². The first kappa shape index (κ1) is 23.8. The van der Waals surface area contributed by atoms with Crippen molar-refractivity contribution in [3.05, 3.63) is 0 Å². The Kier molecular flexibility index (Phi) is 8.30. The van der Waals surface area contributed by atoms with Gasteiger partial charge in [-0.15, -0.1) is 0 Å². The molecule has 0 saturated carbocycles. The van der Waals surface area contributed by atoms with Crippen molar-refractivity contribution in [1.29, 1.82) is 0 Å². The van der Waals surface area contributed by atoms with E-state index in [-0.39, 0.29) is 15.8 Å². The molecule has 0 aliphatic heterocycles. The molecule has 0 aliphatic rings. The van der Waals surface area contributed by atoms with Gasteiger partial charge in [-0.1, -0.05) is 106 Å². The van der Waals surface area contributed by atoms with Gasteiger partial charge in [0.1, 0.15) is 0 Å². The van der Waals surface area contributed by atoms with E-state index in [1.807, 2.05) is 0 Å². The highest BCUT2D eigenvalue weighted by molar-refractivity contribution is 7.61. The Bertz CT molecular complexity index is 288. The molecule has 0 aromatic rings. The van der Waals surface area contributed by atoms with Crippen molar-refractivity contribution in [1.82, 2.24) is 4.90 Å². The van der Waals surface area contributed by atoms with Crippen LogP contribution in [0.15, 0.2) is 0 Å². The first-order valence-electron chi connectivity index (χ1n) is 9.18. The molecule has 0 N–H and O–H groups in total. The summed E-state index contributed by atoms with van der Waals surface area (Å²) in [5.41, 5.74) is 0. The molecule has 0 atom stereocenters. The van der Waals surface area contributed by atoms with Crippen molar-refractivity contribution in [2.24, 2.45) is 0 Å². The molecule has 0 saturated heterocycles. The SMILES string of the molecule is CCN(CP(C(C)(C)C)C(C)(C)C)CP(C(C)(C)C)C(C)(C)C. The zero-order valence-corrected chi connectivity index (χ0v) is 20.3. The van der Waals surface area contributed by atoms with Crippen molar-refractivity contribution < 1.29 is 0 Å². The molecule has 0 aromatic carbocycles. The van der Waals surface area contributed by atoms with E-state index in [1.54, 1.807) is 0 Å². The van der Waals surface area contributed by atoms with Crippen molar-refractivity contribution in [2.45, 2.75) is 111 Å². The maximum atomic E-state index is 2.77. The van der Waals surface area contributed by atoms with E-state index >= 15 is 0 Å². The molecule has 0 bridgehead atoms. The highest BCUT2D eigenvalue weighted by atomic mass is 31.1. The summed E-state index contributed by atoms with van der Waals surface area (Å²) in [5, 5.41) is 1.64. The summed E-state index contributed by atoms with van der Waals surface area (Å²) in [4.78, 5) is 2.77. The molecule has 0 rings (SSSR count). The second kappa shape index (κ2) is 8.01. The van der Waals surface area contributed by atoms with Gasteiger partial charge in [0.2, 0.25) is 0 Å². The fourth-order valence-electron chi connectivity index (χ4n) is 3.51. The highest BCUT2D eigenvalue weighted by Gasteiger charge is 2.38. The van der Waals surface area contributed by atoms with Gasteiger partial charge in [0.25, 0.3) is 0 Å².